The number of H-pyrrole nitrogens is 1. The first-order valence-corrected chi connectivity index (χ1v) is 8.81. The van der Waals surface area contributed by atoms with E-state index in [1.165, 1.54) is 6.20 Å². The maximum atomic E-state index is 12.4. The molecule has 0 radical (unpaired) electrons. The lowest BCUT2D eigenvalue weighted by Crippen LogP contribution is -2.23. The Labute approximate surface area is 155 Å². The summed E-state index contributed by atoms with van der Waals surface area (Å²) in [5.41, 5.74) is 2.46. The molecule has 1 atom stereocenters. The van der Waals surface area contributed by atoms with Gasteiger partial charge in [-0.1, -0.05) is 29.8 Å². The van der Waals surface area contributed by atoms with Crippen LogP contribution in [0.2, 0.25) is 5.02 Å². The third-order valence-electron chi connectivity index (χ3n) is 4.35. The summed E-state index contributed by atoms with van der Waals surface area (Å²) >= 11 is 6.22. The average molecular weight is 372 g/mol. The topological polar surface area (TPSA) is 76.2 Å². The molecule has 0 saturated carbocycles. The van der Waals surface area contributed by atoms with Gasteiger partial charge in [-0.3, -0.25) is 4.79 Å². The number of rotatable bonds is 5. The minimum Gasteiger partial charge on any atom is -0.471 e. The predicted octanol–water partition coefficient (Wildman–Crippen LogP) is 3.31. The van der Waals surface area contributed by atoms with Crippen LogP contribution in [0.1, 0.15) is 22.3 Å². The van der Waals surface area contributed by atoms with E-state index < -0.39 is 0 Å². The molecule has 3 heterocycles. The number of carbonyl (C=O) groups excluding carboxylic acids is 1. The summed E-state index contributed by atoms with van der Waals surface area (Å²) < 4.78 is 11.0. The molecular weight excluding hydrogens is 354 g/mol. The molecule has 2 aromatic heterocycles. The Morgan fingerprint density at radius 1 is 1.42 bits per heavy atom. The van der Waals surface area contributed by atoms with Crippen LogP contribution in [0.4, 0.5) is 0 Å². The lowest BCUT2D eigenvalue weighted by atomic mass is 10.1. The van der Waals surface area contributed by atoms with E-state index in [1.807, 2.05) is 30.5 Å². The first-order chi connectivity index (χ1) is 12.7. The SMILES string of the molecule is O=C(NCc1c[nH]c2ccccc12)c1cnc(O[C@H]2CCOC2)c(Cl)c1. The van der Waals surface area contributed by atoms with Crippen LogP contribution in [-0.2, 0) is 11.3 Å². The Balaban J connectivity index is 1.42. The number of nitrogens with one attached hydrogen (secondary N) is 2. The Morgan fingerprint density at radius 3 is 3.12 bits per heavy atom. The van der Waals surface area contributed by atoms with Gasteiger partial charge in [0.2, 0.25) is 5.88 Å². The van der Waals surface area contributed by atoms with E-state index in [0.29, 0.717) is 36.2 Å². The van der Waals surface area contributed by atoms with Crippen LogP contribution in [0.25, 0.3) is 10.9 Å². The molecule has 7 heteroatoms. The number of para-hydroxylation sites is 1. The molecule has 1 aliphatic rings. The summed E-state index contributed by atoms with van der Waals surface area (Å²) in [6, 6.07) is 9.53. The normalized spacial score (nSPS) is 16.7. The lowest BCUT2D eigenvalue weighted by molar-refractivity contribution is 0.0950. The second kappa shape index (κ2) is 7.35. The molecule has 1 aromatic carbocycles. The number of halogens is 1. The molecule has 4 rings (SSSR count). The standard InChI is InChI=1S/C19H18ClN3O3/c20-16-7-12(8-23-19(16)26-14-5-6-25-11-14)18(24)22-10-13-9-21-17-4-2-1-3-15(13)17/h1-4,7-9,14,21H,5-6,10-11H2,(H,22,24)/t14-/m0/s1. The number of aromatic nitrogens is 2. The first kappa shape index (κ1) is 16.9. The largest absolute Gasteiger partial charge is 0.471 e. The van der Waals surface area contributed by atoms with E-state index in [0.717, 1.165) is 22.9 Å². The highest BCUT2D eigenvalue weighted by Gasteiger charge is 2.20. The number of fused-ring (bicyclic) bond motifs is 1. The number of aromatic amines is 1. The molecule has 1 amide bonds. The fourth-order valence-electron chi connectivity index (χ4n) is 2.96. The monoisotopic (exact) mass is 371 g/mol. The number of amides is 1. The Morgan fingerprint density at radius 2 is 2.31 bits per heavy atom. The smallest absolute Gasteiger partial charge is 0.253 e. The molecule has 1 saturated heterocycles. The van der Waals surface area contributed by atoms with Crippen molar-refractivity contribution in [1.82, 2.24) is 15.3 Å². The Bertz CT molecular complexity index is 935. The molecular formula is C19H18ClN3O3. The van der Waals surface area contributed by atoms with Crippen molar-refractivity contribution in [3.63, 3.8) is 0 Å². The molecule has 26 heavy (non-hydrogen) atoms. The van der Waals surface area contributed by atoms with Crippen LogP contribution in [-0.4, -0.2) is 35.2 Å². The van der Waals surface area contributed by atoms with Crippen LogP contribution < -0.4 is 10.1 Å². The van der Waals surface area contributed by atoms with Gasteiger partial charge in [-0.2, -0.15) is 0 Å². The van der Waals surface area contributed by atoms with Gasteiger partial charge in [0.1, 0.15) is 11.1 Å². The van der Waals surface area contributed by atoms with Gasteiger partial charge in [-0.15, -0.1) is 0 Å². The highest BCUT2D eigenvalue weighted by atomic mass is 35.5. The second-order valence-corrected chi connectivity index (χ2v) is 6.56. The van der Waals surface area contributed by atoms with Gasteiger partial charge in [-0.25, -0.2) is 4.98 Å². The fraction of sp³-hybridized carbons (Fsp3) is 0.263. The van der Waals surface area contributed by atoms with E-state index in [-0.39, 0.29) is 12.0 Å². The van der Waals surface area contributed by atoms with Gasteiger partial charge in [0.15, 0.2) is 0 Å². The van der Waals surface area contributed by atoms with Gasteiger partial charge in [0, 0.05) is 36.3 Å². The molecule has 0 spiro atoms. The number of nitrogens with zero attached hydrogens (tertiary/aromatic N) is 1. The average Bonchev–Trinajstić information content (AvgIpc) is 3.31. The summed E-state index contributed by atoms with van der Waals surface area (Å²) in [7, 11) is 0. The van der Waals surface area contributed by atoms with Crippen LogP contribution in [0.3, 0.4) is 0 Å². The molecule has 0 bridgehead atoms. The molecule has 2 N–H and O–H groups in total. The van der Waals surface area contributed by atoms with Gasteiger partial charge in [-0.05, 0) is 17.7 Å². The van der Waals surface area contributed by atoms with Crippen molar-refractivity contribution < 1.29 is 14.3 Å². The van der Waals surface area contributed by atoms with Gasteiger partial charge in [0.25, 0.3) is 5.91 Å². The van der Waals surface area contributed by atoms with Crippen molar-refractivity contribution in [2.45, 2.75) is 19.1 Å². The minimum atomic E-state index is -0.236. The molecule has 1 fully saturated rings. The molecule has 134 valence electrons. The Kier molecular flexibility index (Phi) is 4.77. The first-order valence-electron chi connectivity index (χ1n) is 8.44. The van der Waals surface area contributed by atoms with E-state index in [4.69, 9.17) is 21.1 Å². The summed E-state index contributed by atoms with van der Waals surface area (Å²) in [4.78, 5) is 19.8. The fourth-order valence-corrected chi connectivity index (χ4v) is 3.17. The third kappa shape index (κ3) is 3.52. The summed E-state index contributed by atoms with van der Waals surface area (Å²) in [6.07, 6.45) is 4.14. The number of carbonyl (C=O) groups is 1. The summed E-state index contributed by atoms with van der Waals surface area (Å²) in [6.45, 7) is 1.62. The molecule has 6 nitrogen and oxygen atoms in total. The maximum Gasteiger partial charge on any atom is 0.253 e. The molecule has 0 unspecified atom stereocenters. The zero-order valence-electron chi connectivity index (χ0n) is 14.0. The lowest BCUT2D eigenvalue weighted by Gasteiger charge is -2.12. The zero-order chi connectivity index (χ0) is 17.9. The van der Waals surface area contributed by atoms with Crippen molar-refractivity contribution in [3.8, 4) is 5.88 Å². The second-order valence-electron chi connectivity index (χ2n) is 6.16. The molecule has 3 aromatic rings. The summed E-state index contributed by atoms with van der Waals surface area (Å²) in [5, 5.41) is 4.30. The number of benzene rings is 1. The van der Waals surface area contributed by atoms with Crippen molar-refractivity contribution >= 4 is 28.4 Å². The van der Waals surface area contributed by atoms with Crippen LogP contribution in [0, 0.1) is 0 Å². The van der Waals surface area contributed by atoms with Crippen molar-refractivity contribution in [1.29, 1.82) is 0 Å². The highest BCUT2D eigenvalue weighted by molar-refractivity contribution is 6.32. The number of ether oxygens (including phenoxy) is 2. The number of hydrogen-bond donors (Lipinski definition) is 2. The van der Waals surface area contributed by atoms with E-state index in [1.54, 1.807) is 6.07 Å². The van der Waals surface area contributed by atoms with Gasteiger partial charge >= 0.3 is 0 Å². The maximum absolute atomic E-state index is 12.4. The van der Waals surface area contributed by atoms with Crippen LogP contribution in [0.5, 0.6) is 5.88 Å². The van der Waals surface area contributed by atoms with E-state index in [9.17, 15) is 4.79 Å². The van der Waals surface area contributed by atoms with Crippen molar-refractivity contribution in [3.05, 3.63) is 58.9 Å². The van der Waals surface area contributed by atoms with Gasteiger partial charge in [0.05, 0.1) is 18.8 Å². The zero-order valence-corrected chi connectivity index (χ0v) is 14.8. The predicted molar refractivity (Wildman–Crippen MR) is 98.6 cm³/mol. The number of hydrogen-bond acceptors (Lipinski definition) is 4. The molecule has 1 aliphatic heterocycles. The van der Waals surface area contributed by atoms with Crippen LogP contribution in [0.15, 0.2) is 42.7 Å². The Hall–Kier alpha value is -2.57. The minimum absolute atomic E-state index is 0.0402. The molecule has 0 aliphatic carbocycles. The highest BCUT2D eigenvalue weighted by Crippen LogP contribution is 2.25. The van der Waals surface area contributed by atoms with Gasteiger partial charge < -0.3 is 19.8 Å². The van der Waals surface area contributed by atoms with Crippen LogP contribution >= 0.6 is 11.6 Å². The van der Waals surface area contributed by atoms with E-state index in [2.05, 4.69) is 15.3 Å². The van der Waals surface area contributed by atoms with Crippen molar-refractivity contribution in [2.24, 2.45) is 0 Å². The summed E-state index contributed by atoms with van der Waals surface area (Å²) in [5.74, 6) is 0.0933. The third-order valence-corrected chi connectivity index (χ3v) is 4.62. The quantitative estimate of drug-likeness (QED) is 0.721. The number of pyridine rings is 1. The van der Waals surface area contributed by atoms with E-state index >= 15 is 0 Å². The van der Waals surface area contributed by atoms with Crippen molar-refractivity contribution in [2.75, 3.05) is 13.2 Å².